The highest BCUT2D eigenvalue weighted by atomic mass is 32.2. The van der Waals surface area contributed by atoms with Gasteiger partial charge >= 0.3 is 0 Å². The van der Waals surface area contributed by atoms with Gasteiger partial charge in [0.1, 0.15) is 17.5 Å². The van der Waals surface area contributed by atoms with Crippen molar-refractivity contribution in [1.29, 1.82) is 5.41 Å². The molecule has 20 heavy (non-hydrogen) atoms. The predicted molar refractivity (Wildman–Crippen MR) is 78.1 cm³/mol. The molecule has 0 amide bonds. The number of benzene rings is 2. The number of rotatable bonds is 4. The van der Waals surface area contributed by atoms with Gasteiger partial charge in [-0.05, 0) is 30.2 Å². The Kier molecular flexibility index (Phi) is 4.39. The minimum Gasteiger partial charge on any atom is -0.384 e. The summed E-state index contributed by atoms with van der Waals surface area (Å²) >= 11 is 1.10. The second kappa shape index (κ2) is 6.05. The number of aryl methyl sites for hydroxylation is 1. The number of hydrogen-bond acceptors (Lipinski definition) is 2. The molecule has 5 heteroatoms. The first-order valence-electron chi connectivity index (χ1n) is 6.00. The van der Waals surface area contributed by atoms with Crippen LogP contribution in [0.25, 0.3) is 0 Å². The van der Waals surface area contributed by atoms with Crippen molar-refractivity contribution in [3.63, 3.8) is 0 Å². The van der Waals surface area contributed by atoms with Crippen molar-refractivity contribution in [1.82, 2.24) is 0 Å². The Hall–Kier alpha value is -1.88. The summed E-state index contributed by atoms with van der Waals surface area (Å²) in [6.45, 7) is 1.96. The van der Waals surface area contributed by atoms with E-state index in [1.54, 1.807) is 0 Å². The van der Waals surface area contributed by atoms with Crippen LogP contribution in [0.3, 0.4) is 0 Å². The van der Waals surface area contributed by atoms with Crippen molar-refractivity contribution in [2.75, 3.05) is 0 Å². The highest BCUT2D eigenvalue weighted by molar-refractivity contribution is 7.98. The molecular weight excluding hydrogens is 278 g/mol. The lowest BCUT2D eigenvalue weighted by Gasteiger charge is -2.08. The van der Waals surface area contributed by atoms with Gasteiger partial charge in [0.15, 0.2) is 0 Å². The summed E-state index contributed by atoms with van der Waals surface area (Å²) in [5.41, 5.74) is 7.40. The van der Waals surface area contributed by atoms with E-state index in [4.69, 9.17) is 11.1 Å². The molecule has 0 saturated heterocycles. The van der Waals surface area contributed by atoms with Crippen LogP contribution < -0.4 is 5.73 Å². The van der Waals surface area contributed by atoms with Gasteiger partial charge < -0.3 is 5.73 Å². The molecule has 0 atom stereocenters. The summed E-state index contributed by atoms with van der Waals surface area (Å²) in [5.74, 6) is -1.24. The molecule has 2 rings (SSSR count). The monoisotopic (exact) mass is 292 g/mol. The van der Waals surface area contributed by atoms with E-state index >= 15 is 0 Å². The highest BCUT2D eigenvalue weighted by Crippen LogP contribution is 2.30. The lowest BCUT2D eigenvalue weighted by molar-refractivity contribution is 0.540. The van der Waals surface area contributed by atoms with E-state index in [2.05, 4.69) is 0 Å². The van der Waals surface area contributed by atoms with Crippen LogP contribution in [0.2, 0.25) is 0 Å². The Morgan fingerprint density at radius 2 is 1.80 bits per heavy atom. The van der Waals surface area contributed by atoms with Crippen LogP contribution in [-0.4, -0.2) is 5.84 Å². The standard InChI is InChI=1S/C15H14F2N2S/c1-9-4-2-3-5-10(9)8-20-14-12(16)6-11(15(18)19)7-13(14)17/h2-7H,8H2,1H3,(H3,18,19). The van der Waals surface area contributed by atoms with Crippen LogP contribution in [0.15, 0.2) is 41.3 Å². The largest absolute Gasteiger partial charge is 0.384 e. The van der Waals surface area contributed by atoms with E-state index in [0.717, 1.165) is 35.0 Å². The third-order valence-electron chi connectivity index (χ3n) is 2.94. The molecule has 0 aliphatic carbocycles. The van der Waals surface area contributed by atoms with Crippen LogP contribution in [0.1, 0.15) is 16.7 Å². The molecule has 2 aromatic rings. The molecule has 3 N–H and O–H groups in total. The second-order valence-corrected chi connectivity index (χ2v) is 5.38. The molecule has 2 nitrogen and oxygen atoms in total. The zero-order chi connectivity index (χ0) is 14.7. The third kappa shape index (κ3) is 3.17. The molecular formula is C15H14F2N2S. The normalized spacial score (nSPS) is 10.6. The summed E-state index contributed by atoms with van der Waals surface area (Å²) in [6.07, 6.45) is 0. The fourth-order valence-electron chi connectivity index (χ4n) is 1.78. The number of nitrogen functional groups attached to an aromatic ring is 1. The van der Waals surface area contributed by atoms with E-state index in [1.165, 1.54) is 0 Å². The van der Waals surface area contributed by atoms with Crippen LogP contribution in [0, 0.1) is 24.0 Å². The van der Waals surface area contributed by atoms with E-state index in [-0.39, 0.29) is 16.3 Å². The third-order valence-corrected chi connectivity index (χ3v) is 4.08. The average molecular weight is 292 g/mol. The first kappa shape index (κ1) is 14.5. The molecule has 2 aromatic carbocycles. The van der Waals surface area contributed by atoms with Gasteiger partial charge in [0.25, 0.3) is 0 Å². The first-order chi connectivity index (χ1) is 9.49. The molecule has 0 saturated carbocycles. The Morgan fingerprint density at radius 3 is 2.35 bits per heavy atom. The Bertz CT molecular complexity index is 633. The van der Waals surface area contributed by atoms with Crippen molar-refractivity contribution in [3.05, 3.63) is 64.7 Å². The molecule has 0 heterocycles. The Morgan fingerprint density at radius 1 is 1.20 bits per heavy atom. The molecule has 0 aliphatic rings. The fraction of sp³-hybridized carbons (Fsp3) is 0.133. The van der Waals surface area contributed by atoms with Crippen LogP contribution in [-0.2, 0) is 5.75 Å². The molecule has 0 aliphatic heterocycles. The number of hydrogen-bond donors (Lipinski definition) is 2. The van der Waals surface area contributed by atoms with Crippen molar-refractivity contribution in [3.8, 4) is 0 Å². The van der Waals surface area contributed by atoms with Gasteiger partial charge in [-0.1, -0.05) is 24.3 Å². The van der Waals surface area contributed by atoms with Gasteiger partial charge in [0.05, 0.1) is 4.90 Å². The zero-order valence-electron chi connectivity index (χ0n) is 10.9. The van der Waals surface area contributed by atoms with Crippen LogP contribution in [0.4, 0.5) is 8.78 Å². The minimum atomic E-state index is -0.686. The number of amidine groups is 1. The number of nitrogens with one attached hydrogen (secondary N) is 1. The Labute approximate surface area is 120 Å². The topological polar surface area (TPSA) is 49.9 Å². The van der Waals surface area contributed by atoms with E-state index < -0.39 is 11.6 Å². The van der Waals surface area contributed by atoms with Gasteiger partial charge in [0.2, 0.25) is 0 Å². The maximum Gasteiger partial charge on any atom is 0.140 e. The lowest BCUT2D eigenvalue weighted by Crippen LogP contribution is -2.12. The summed E-state index contributed by atoms with van der Waals surface area (Å²) in [4.78, 5) is -0.0433. The van der Waals surface area contributed by atoms with Crippen LogP contribution in [0.5, 0.6) is 0 Å². The van der Waals surface area contributed by atoms with Crippen molar-refractivity contribution >= 4 is 17.6 Å². The first-order valence-corrected chi connectivity index (χ1v) is 6.98. The quantitative estimate of drug-likeness (QED) is 0.511. The van der Waals surface area contributed by atoms with Gasteiger partial charge in [0, 0.05) is 11.3 Å². The van der Waals surface area contributed by atoms with E-state index in [9.17, 15) is 8.78 Å². The number of thioether (sulfide) groups is 1. The van der Waals surface area contributed by atoms with Gasteiger partial charge in [-0.3, -0.25) is 5.41 Å². The molecule has 0 bridgehead atoms. The fourth-order valence-corrected chi connectivity index (χ4v) is 2.79. The molecule has 104 valence electrons. The average Bonchev–Trinajstić information content (AvgIpc) is 2.39. The molecule has 0 unspecified atom stereocenters. The van der Waals surface area contributed by atoms with E-state index in [1.807, 2.05) is 31.2 Å². The summed E-state index contributed by atoms with van der Waals surface area (Å²) < 4.78 is 27.7. The van der Waals surface area contributed by atoms with Crippen molar-refractivity contribution in [2.45, 2.75) is 17.6 Å². The van der Waals surface area contributed by atoms with Gasteiger partial charge in [-0.15, -0.1) is 11.8 Å². The maximum absolute atomic E-state index is 13.9. The lowest BCUT2D eigenvalue weighted by atomic mass is 10.1. The summed E-state index contributed by atoms with van der Waals surface area (Å²) in [7, 11) is 0. The molecule has 0 aromatic heterocycles. The predicted octanol–water partition coefficient (Wildman–Crippen LogP) is 3.85. The van der Waals surface area contributed by atoms with Crippen LogP contribution >= 0.6 is 11.8 Å². The van der Waals surface area contributed by atoms with Gasteiger partial charge in [-0.2, -0.15) is 0 Å². The van der Waals surface area contributed by atoms with Crippen molar-refractivity contribution in [2.24, 2.45) is 5.73 Å². The smallest absolute Gasteiger partial charge is 0.140 e. The second-order valence-electron chi connectivity index (χ2n) is 4.40. The molecule has 0 fully saturated rings. The highest BCUT2D eigenvalue weighted by Gasteiger charge is 2.13. The number of halogens is 2. The van der Waals surface area contributed by atoms with Crippen molar-refractivity contribution < 1.29 is 8.78 Å². The maximum atomic E-state index is 13.9. The summed E-state index contributed by atoms with van der Waals surface area (Å²) in [6, 6.07) is 9.89. The SMILES string of the molecule is Cc1ccccc1CSc1c(F)cc(C(=N)N)cc1F. The van der Waals surface area contributed by atoms with Gasteiger partial charge in [-0.25, -0.2) is 8.78 Å². The zero-order valence-corrected chi connectivity index (χ0v) is 11.7. The van der Waals surface area contributed by atoms with E-state index in [0.29, 0.717) is 5.75 Å². The Balaban J connectivity index is 2.22. The molecule has 0 spiro atoms. The summed E-state index contributed by atoms with van der Waals surface area (Å²) in [5, 5.41) is 7.20. The minimum absolute atomic E-state index is 0.0433. The molecule has 0 radical (unpaired) electrons. The number of nitrogens with two attached hydrogens (primary N) is 1.